The van der Waals surface area contributed by atoms with Crippen molar-refractivity contribution in [3.63, 3.8) is 0 Å². The number of hydrogen-bond donors (Lipinski definition) is 1. The van der Waals surface area contributed by atoms with Crippen LogP contribution in [0, 0.1) is 0 Å². The standard InChI is InChI=1S/C34H28ClN5O3S/c1-42-32-18-24(12-17-31(32)43-21-23-8-4-2-5-9-23)20-36-38-33(41)29-22-44-34(37-29)40-30(26-13-15-27(35)16-14-26)19-28(39-40)25-10-6-3-7-11-25/h2-18,20,22,30H,19,21H2,1H3,(H,38,41). The van der Waals surface area contributed by atoms with Gasteiger partial charge in [-0.05, 0) is 52.6 Å². The van der Waals surface area contributed by atoms with Crippen molar-refractivity contribution < 1.29 is 14.3 Å². The van der Waals surface area contributed by atoms with E-state index in [1.165, 1.54) is 11.3 Å². The van der Waals surface area contributed by atoms with Gasteiger partial charge < -0.3 is 9.47 Å². The maximum atomic E-state index is 12.9. The number of thiazole rings is 1. The molecule has 0 aliphatic carbocycles. The van der Waals surface area contributed by atoms with E-state index in [0.717, 1.165) is 28.0 Å². The van der Waals surface area contributed by atoms with Crippen molar-refractivity contribution in [2.45, 2.75) is 19.1 Å². The van der Waals surface area contributed by atoms with Gasteiger partial charge in [0, 0.05) is 16.8 Å². The molecule has 5 aromatic rings. The van der Waals surface area contributed by atoms with E-state index in [9.17, 15) is 4.79 Å². The lowest BCUT2D eigenvalue weighted by atomic mass is 9.99. The van der Waals surface area contributed by atoms with Crippen molar-refractivity contribution in [3.8, 4) is 11.5 Å². The number of aromatic nitrogens is 1. The minimum Gasteiger partial charge on any atom is -0.493 e. The van der Waals surface area contributed by atoms with Crippen LogP contribution in [0.25, 0.3) is 0 Å². The normalized spacial score (nSPS) is 14.5. The average molecular weight is 622 g/mol. The van der Waals surface area contributed by atoms with Crippen LogP contribution in [0.2, 0.25) is 5.02 Å². The first-order valence-corrected chi connectivity index (χ1v) is 15.1. The summed E-state index contributed by atoms with van der Waals surface area (Å²) in [5.74, 6) is 0.758. The van der Waals surface area contributed by atoms with Crippen molar-refractivity contribution in [2.75, 3.05) is 12.1 Å². The number of rotatable bonds is 10. The number of benzene rings is 4. The van der Waals surface area contributed by atoms with E-state index in [2.05, 4.69) is 15.5 Å². The smallest absolute Gasteiger partial charge is 0.290 e. The summed E-state index contributed by atoms with van der Waals surface area (Å²) < 4.78 is 11.4. The molecule has 0 fully saturated rings. The molecule has 6 rings (SSSR count). The van der Waals surface area contributed by atoms with E-state index in [-0.39, 0.29) is 11.7 Å². The monoisotopic (exact) mass is 621 g/mol. The zero-order chi connectivity index (χ0) is 30.3. The first-order chi connectivity index (χ1) is 21.6. The van der Waals surface area contributed by atoms with Gasteiger partial charge in [0.15, 0.2) is 11.5 Å². The maximum Gasteiger partial charge on any atom is 0.290 e. The Labute approximate surface area is 264 Å². The van der Waals surface area contributed by atoms with Gasteiger partial charge >= 0.3 is 0 Å². The van der Waals surface area contributed by atoms with Crippen molar-refractivity contribution in [3.05, 3.63) is 141 Å². The number of anilines is 1. The summed E-state index contributed by atoms with van der Waals surface area (Å²) >= 11 is 7.50. The molecule has 8 nitrogen and oxygen atoms in total. The lowest BCUT2D eigenvalue weighted by molar-refractivity contribution is 0.0951. The molecule has 1 unspecified atom stereocenters. The molecule has 0 radical (unpaired) electrons. The molecule has 1 aliphatic heterocycles. The number of carbonyl (C=O) groups is 1. The molecule has 1 N–H and O–H groups in total. The van der Waals surface area contributed by atoms with Crippen LogP contribution in [0.3, 0.4) is 0 Å². The molecule has 1 aliphatic rings. The second-order valence-corrected chi connectivity index (χ2v) is 11.2. The number of nitrogens with one attached hydrogen (secondary N) is 1. The van der Waals surface area contributed by atoms with Crippen molar-refractivity contribution in [1.29, 1.82) is 0 Å². The summed E-state index contributed by atoms with van der Waals surface area (Å²) in [5, 5.41) is 13.9. The van der Waals surface area contributed by atoms with E-state index in [1.54, 1.807) is 24.8 Å². The molecular formula is C34H28ClN5O3S. The van der Waals surface area contributed by atoms with Gasteiger partial charge in [0.05, 0.1) is 25.1 Å². The van der Waals surface area contributed by atoms with Crippen molar-refractivity contribution >= 4 is 45.9 Å². The van der Waals surface area contributed by atoms with Crippen LogP contribution in [0.1, 0.15) is 45.2 Å². The average Bonchev–Trinajstić information content (AvgIpc) is 3.74. The van der Waals surface area contributed by atoms with Gasteiger partial charge in [-0.3, -0.25) is 4.79 Å². The third kappa shape index (κ3) is 6.80. The number of nitrogens with zero attached hydrogens (tertiary/aromatic N) is 4. The molecule has 0 saturated heterocycles. The lowest BCUT2D eigenvalue weighted by Gasteiger charge is -2.21. The van der Waals surface area contributed by atoms with Crippen LogP contribution in [-0.4, -0.2) is 29.9 Å². The number of carbonyl (C=O) groups excluding carboxylic acids is 1. The van der Waals surface area contributed by atoms with Gasteiger partial charge in [0.1, 0.15) is 12.3 Å². The minimum absolute atomic E-state index is 0.0859. The molecular weight excluding hydrogens is 594 g/mol. The predicted octanol–water partition coefficient (Wildman–Crippen LogP) is 7.50. The largest absolute Gasteiger partial charge is 0.493 e. The highest BCUT2D eigenvalue weighted by Crippen LogP contribution is 2.38. The summed E-state index contributed by atoms with van der Waals surface area (Å²) in [6.45, 7) is 0.424. The number of hydrogen-bond acceptors (Lipinski definition) is 8. The zero-order valence-electron chi connectivity index (χ0n) is 23.8. The predicted molar refractivity (Wildman–Crippen MR) is 175 cm³/mol. The van der Waals surface area contributed by atoms with E-state index in [4.69, 9.17) is 26.2 Å². The second-order valence-electron chi connectivity index (χ2n) is 9.93. The third-order valence-electron chi connectivity index (χ3n) is 7.00. The number of halogens is 1. The maximum absolute atomic E-state index is 12.9. The van der Waals surface area contributed by atoms with Crippen LogP contribution in [-0.2, 0) is 6.61 Å². The fraction of sp³-hybridized carbons (Fsp3) is 0.118. The van der Waals surface area contributed by atoms with E-state index >= 15 is 0 Å². The number of ether oxygens (including phenoxy) is 2. The van der Waals surface area contributed by atoms with Crippen LogP contribution in [0.15, 0.2) is 119 Å². The Bertz CT molecular complexity index is 1790. The van der Waals surface area contributed by atoms with Gasteiger partial charge in [0.2, 0.25) is 5.13 Å². The van der Waals surface area contributed by atoms with Gasteiger partial charge in [0.25, 0.3) is 5.91 Å². The number of methoxy groups -OCH3 is 1. The third-order valence-corrected chi connectivity index (χ3v) is 8.08. The molecule has 1 aromatic heterocycles. The van der Waals surface area contributed by atoms with Gasteiger partial charge in [-0.25, -0.2) is 15.4 Å². The molecule has 1 atom stereocenters. The van der Waals surface area contributed by atoms with Crippen LogP contribution >= 0.6 is 22.9 Å². The fourth-order valence-corrected chi connectivity index (χ4v) is 5.68. The topological polar surface area (TPSA) is 88.4 Å². The first kappa shape index (κ1) is 29.1. The Kier molecular flexibility index (Phi) is 8.95. The van der Waals surface area contributed by atoms with Crippen molar-refractivity contribution in [2.24, 2.45) is 10.2 Å². The molecule has 2 heterocycles. The first-order valence-electron chi connectivity index (χ1n) is 13.9. The lowest BCUT2D eigenvalue weighted by Crippen LogP contribution is -2.20. The highest BCUT2D eigenvalue weighted by molar-refractivity contribution is 7.14. The zero-order valence-corrected chi connectivity index (χ0v) is 25.3. The Morgan fingerprint density at radius 2 is 1.77 bits per heavy atom. The Balaban J connectivity index is 1.14. The van der Waals surface area contributed by atoms with E-state index in [0.29, 0.717) is 34.7 Å². The summed E-state index contributed by atoms with van der Waals surface area (Å²) in [5.41, 5.74) is 7.66. The quantitative estimate of drug-likeness (QED) is 0.129. The molecule has 0 bridgehead atoms. The SMILES string of the molecule is COc1cc(C=NNC(=O)c2csc(N3N=C(c4ccccc4)CC3c3ccc(Cl)cc3)n2)ccc1OCc1ccccc1. The second kappa shape index (κ2) is 13.5. The van der Waals surface area contributed by atoms with E-state index in [1.807, 2.05) is 102 Å². The summed E-state index contributed by atoms with van der Waals surface area (Å²) in [7, 11) is 1.58. The Morgan fingerprint density at radius 1 is 1.02 bits per heavy atom. The highest BCUT2D eigenvalue weighted by atomic mass is 35.5. The summed E-state index contributed by atoms with van der Waals surface area (Å²) in [6, 6.07) is 33.1. The van der Waals surface area contributed by atoms with Crippen molar-refractivity contribution in [1.82, 2.24) is 10.4 Å². The molecule has 10 heteroatoms. The van der Waals surface area contributed by atoms with Crippen LogP contribution in [0.4, 0.5) is 5.13 Å². The molecule has 0 spiro atoms. The fourth-order valence-electron chi connectivity index (χ4n) is 4.75. The number of amides is 1. The van der Waals surface area contributed by atoms with Crippen LogP contribution in [0.5, 0.6) is 11.5 Å². The molecule has 1 amide bonds. The highest BCUT2D eigenvalue weighted by Gasteiger charge is 2.32. The van der Waals surface area contributed by atoms with Gasteiger partial charge in [-0.1, -0.05) is 84.4 Å². The van der Waals surface area contributed by atoms with Crippen LogP contribution < -0.4 is 19.9 Å². The Morgan fingerprint density at radius 3 is 2.52 bits per heavy atom. The summed E-state index contributed by atoms with van der Waals surface area (Å²) in [4.78, 5) is 17.6. The van der Waals surface area contributed by atoms with Gasteiger partial charge in [-0.15, -0.1) is 11.3 Å². The van der Waals surface area contributed by atoms with Gasteiger partial charge in [-0.2, -0.15) is 10.2 Å². The molecule has 44 heavy (non-hydrogen) atoms. The summed E-state index contributed by atoms with van der Waals surface area (Å²) in [6.07, 6.45) is 2.23. The Hall–Kier alpha value is -4.99. The minimum atomic E-state index is -0.423. The van der Waals surface area contributed by atoms with E-state index < -0.39 is 5.91 Å². The number of hydrazone groups is 2. The molecule has 0 saturated carbocycles. The molecule has 4 aromatic carbocycles. The molecule has 220 valence electrons.